The maximum Gasteiger partial charge on any atom is 0.200 e. The molecule has 5 heteroatoms. The maximum absolute atomic E-state index is 12.3. The number of morpholine rings is 1. The molecule has 0 amide bonds. The molecule has 1 aromatic heterocycles. The Kier molecular flexibility index (Phi) is 3.28. The Morgan fingerprint density at radius 3 is 2.75 bits per heavy atom. The quantitative estimate of drug-likeness (QED) is 0.843. The molecule has 1 saturated heterocycles. The Labute approximate surface area is 116 Å². The predicted molar refractivity (Wildman–Crippen MR) is 77.6 cm³/mol. The van der Waals surface area contributed by atoms with E-state index in [1.807, 2.05) is 12.1 Å². The van der Waals surface area contributed by atoms with Gasteiger partial charge in [-0.2, -0.15) is 0 Å². The van der Waals surface area contributed by atoms with Gasteiger partial charge in [0.2, 0.25) is 0 Å². The Morgan fingerprint density at radius 2 is 2.05 bits per heavy atom. The normalized spacial score (nSPS) is 15.6. The number of ketones is 1. The van der Waals surface area contributed by atoms with Crippen molar-refractivity contribution in [3.63, 3.8) is 0 Å². The number of benzene rings is 1. The molecule has 5 nitrogen and oxygen atoms in total. The highest BCUT2D eigenvalue weighted by Gasteiger charge is 2.16. The highest BCUT2D eigenvalue weighted by Crippen LogP contribution is 2.24. The molecule has 2 heterocycles. The molecular weight excluding hydrogens is 256 g/mol. The number of carbonyl (C=O) groups excluding carboxylic acids is 1. The molecule has 0 radical (unpaired) electrons. The number of hydrogen-bond donors (Lipinski definition) is 1. The maximum atomic E-state index is 12.3. The van der Waals surface area contributed by atoms with Crippen molar-refractivity contribution >= 4 is 22.4 Å². The largest absolute Gasteiger partial charge is 0.378 e. The highest BCUT2D eigenvalue weighted by molar-refractivity contribution is 5.99. The molecule has 1 fully saturated rings. The van der Waals surface area contributed by atoms with E-state index in [4.69, 9.17) is 4.74 Å². The lowest BCUT2D eigenvalue weighted by molar-refractivity contribution is 0.101. The van der Waals surface area contributed by atoms with Crippen LogP contribution in [0.1, 0.15) is 17.3 Å². The fraction of sp³-hybridized carbons (Fsp3) is 0.333. The lowest BCUT2D eigenvalue weighted by Gasteiger charge is -2.29. The minimum atomic E-state index is -0.218. The Morgan fingerprint density at radius 1 is 1.30 bits per heavy atom. The molecule has 1 aromatic carbocycles. The molecule has 0 unspecified atom stereocenters. The van der Waals surface area contributed by atoms with Crippen LogP contribution >= 0.6 is 0 Å². The van der Waals surface area contributed by atoms with Crippen LogP contribution in [0.15, 0.2) is 29.2 Å². The molecule has 1 aliphatic heterocycles. The number of nitrogens with one attached hydrogen (secondary N) is 1. The number of anilines is 1. The van der Waals surface area contributed by atoms with Crippen molar-refractivity contribution in [2.24, 2.45) is 0 Å². The van der Waals surface area contributed by atoms with Gasteiger partial charge in [0.05, 0.1) is 30.0 Å². The first-order chi connectivity index (χ1) is 9.68. The molecule has 104 valence electrons. The summed E-state index contributed by atoms with van der Waals surface area (Å²) in [6.45, 7) is 4.38. The molecule has 0 atom stereocenters. The molecule has 0 saturated carbocycles. The number of ether oxygens (including phenoxy) is 1. The molecule has 0 spiro atoms. The number of carbonyl (C=O) groups is 1. The first-order valence-corrected chi connectivity index (χ1v) is 6.66. The van der Waals surface area contributed by atoms with Crippen molar-refractivity contribution in [2.75, 3.05) is 31.2 Å². The number of H-pyrrole nitrogens is 1. The summed E-state index contributed by atoms with van der Waals surface area (Å²) in [4.78, 5) is 29.1. The number of para-hydroxylation sites is 1. The second-order valence-corrected chi connectivity index (χ2v) is 4.89. The zero-order chi connectivity index (χ0) is 14.1. The second-order valence-electron chi connectivity index (χ2n) is 4.89. The minimum Gasteiger partial charge on any atom is -0.378 e. The van der Waals surface area contributed by atoms with Crippen LogP contribution in [0.2, 0.25) is 0 Å². The summed E-state index contributed by atoms with van der Waals surface area (Å²) in [5, 5.41) is 0.557. The van der Waals surface area contributed by atoms with E-state index >= 15 is 0 Å². The van der Waals surface area contributed by atoms with Gasteiger partial charge in [-0.25, -0.2) is 0 Å². The van der Waals surface area contributed by atoms with Crippen LogP contribution in [0.3, 0.4) is 0 Å². The lowest BCUT2D eigenvalue weighted by atomic mass is 10.1. The molecular formula is C15H16N2O3. The van der Waals surface area contributed by atoms with Crippen LogP contribution in [0.5, 0.6) is 0 Å². The van der Waals surface area contributed by atoms with E-state index in [9.17, 15) is 9.59 Å². The summed E-state index contributed by atoms with van der Waals surface area (Å²) in [6.07, 6.45) is 1.51. The van der Waals surface area contributed by atoms with Crippen LogP contribution in [-0.4, -0.2) is 37.1 Å². The average Bonchev–Trinajstić information content (AvgIpc) is 2.48. The van der Waals surface area contributed by atoms with Gasteiger partial charge < -0.3 is 14.6 Å². The summed E-state index contributed by atoms with van der Waals surface area (Å²) in [6, 6.07) is 5.59. The standard InChI is InChI=1S/C15H16N2O3/c1-10(18)12-9-16-14-11(15(12)19)3-2-4-13(14)17-5-7-20-8-6-17/h2-4,9H,5-8H2,1H3,(H,16,19). The lowest BCUT2D eigenvalue weighted by Crippen LogP contribution is -2.36. The number of nitrogens with zero attached hydrogens (tertiary/aromatic N) is 1. The first-order valence-electron chi connectivity index (χ1n) is 6.66. The van der Waals surface area contributed by atoms with Crippen molar-refractivity contribution in [3.8, 4) is 0 Å². The van der Waals surface area contributed by atoms with E-state index in [0.717, 1.165) is 24.3 Å². The van der Waals surface area contributed by atoms with E-state index in [1.165, 1.54) is 13.1 Å². The van der Waals surface area contributed by atoms with Crippen LogP contribution in [0, 0.1) is 0 Å². The number of fused-ring (bicyclic) bond motifs is 1. The molecule has 0 aliphatic carbocycles. The molecule has 1 N–H and O–H groups in total. The van der Waals surface area contributed by atoms with Gasteiger partial charge in [-0.3, -0.25) is 9.59 Å². The predicted octanol–water partition coefficient (Wildman–Crippen LogP) is 1.57. The highest BCUT2D eigenvalue weighted by atomic mass is 16.5. The Balaban J connectivity index is 2.18. The summed E-state index contributed by atoms with van der Waals surface area (Å²) in [5.41, 5.74) is 1.76. The third-order valence-corrected chi connectivity index (χ3v) is 3.62. The van der Waals surface area contributed by atoms with Crippen LogP contribution in [0.25, 0.3) is 10.9 Å². The third-order valence-electron chi connectivity index (χ3n) is 3.62. The van der Waals surface area contributed by atoms with Crippen molar-refractivity contribution in [1.82, 2.24) is 4.98 Å². The van der Waals surface area contributed by atoms with E-state index in [-0.39, 0.29) is 16.8 Å². The SMILES string of the molecule is CC(=O)c1c[nH]c2c(N3CCOCC3)cccc2c1=O. The number of aromatic amines is 1. The van der Waals surface area contributed by atoms with Crippen LogP contribution < -0.4 is 10.3 Å². The summed E-state index contributed by atoms with van der Waals surface area (Å²) >= 11 is 0. The van der Waals surface area contributed by atoms with E-state index in [0.29, 0.717) is 18.6 Å². The monoisotopic (exact) mass is 272 g/mol. The average molecular weight is 272 g/mol. The van der Waals surface area contributed by atoms with Crippen LogP contribution in [0.4, 0.5) is 5.69 Å². The van der Waals surface area contributed by atoms with Gasteiger partial charge >= 0.3 is 0 Å². The molecule has 0 bridgehead atoms. The smallest absolute Gasteiger partial charge is 0.200 e. The minimum absolute atomic E-state index is 0.205. The topological polar surface area (TPSA) is 62.4 Å². The second kappa shape index (κ2) is 5.09. The van der Waals surface area contributed by atoms with E-state index in [1.54, 1.807) is 6.07 Å². The Bertz CT molecular complexity index is 715. The molecule has 20 heavy (non-hydrogen) atoms. The zero-order valence-corrected chi connectivity index (χ0v) is 11.3. The number of hydrogen-bond acceptors (Lipinski definition) is 4. The number of rotatable bonds is 2. The fourth-order valence-corrected chi connectivity index (χ4v) is 2.57. The summed E-state index contributed by atoms with van der Waals surface area (Å²) in [5.74, 6) is -0.218. The van der Waals surface area contributed by atoms with Crippen molar-refractivity contribution < 1.29 is 9.53 Å². The molecule has 2 aromatic rings. The van der Waals surface area contributed by atoms with Gasteiger partial charge in [-0.1, -0.05) is 6.07 Å². The number of Topliss-reactive ketones (excluding diaryl/α,β-unsaturated/α-hetero) is 1. The van der Waals surface area contributed by atoms with Crippen LogP contribution in [-0.2, 0) is 4.74 Å². The van der Waals surface area contributed by atoms with Crippen molar-refractivity contribution in [3.05, 3.63) is 40.2 Å². The summed E-state index contributed by atoms with van der Waals surface area (Å²) < 4.78 is 5.35. The zero-order valence-electron chi connectivity index (χ0n) is 11.3. The van der Waals surface area contributed by atoms with Gasteiger partial charge in [0, 0.05) is 24.7 Å². The van der Waals surface area contributed by atoms with Crippen molar-refractivity contribution in [2.45, 2.75) is 6.92 Å². The van der Waals surface area contributed by atoms with E-state index in [2.05, 4.69) is 9.88 Å². The van der Waals surface area contributed by atoms with Gasteiger partial charge in [0.25, 0.3) is 0 Å². The summed E-state index contributed by atoms with van der Waals surface area (Å²) in [7, 11) is 0. The Hall–Kier alpha value is -2.14. The van der Waals surface area contributed by atoms with Gasteiger partial charge in [-0.05, 0) is 19.1 Å². The fourth-order valence-electron chi connectivity index (χ4n) is 2.57. The van der Waals surface area contributed by atoms with Gasteiger partial charge in [0.15, 0.2) is 11.2 Å². The molecule has 1 aliphatic rings. The van der Waals surface area contributed by atoms with Gasteiger partial charge in [-0.15, -0.1) is 0 Å². The number of pyridine rings is 1. The van der Waals surface area contributed by atoms with Gasteiger partial charge in [0.1, 0.15) is 0 Å². The van der Waals surface area contributed by atoms with Crippen molar-refractivity contribution in [1.29, 1.82) is 0 Å². The first kappa shape index (κ1) is 12.9. The number of aromatic nitrogens is 1. The molecule has 3 rings (SSSR count). The van der Waals surface area contributed by atoms with E-state index < -0.39 is 0 Å². The third kappa shape index (κ3) is 2.10.